The number of nitrogen functional groups attached to an aromatic ring is 1. The highest BCUT2D eigenvalue weighted by atomic mass is 16.1. The smallest absolute Gasteiger partial charge is 0.269 e. The summed E-state index contributed by atoms with van der Waals surface area (Å²) >= 11 is 0. The molecule has 0 unspecified atom stereocenters. The van der Waals surface area contributed by atoms with E-state index in [-0.39, 0.29) is 0 Å². The van der Waals surface area contributed by atoms with Crippen LogP contribution in [0.2, 0.25) is 0 Å². The second-order valence-corrected chi connectivity index (χ2v) is 2.40. The zero-order valence-electron chi connectivity index (χ0n) is 6.22. The molecule has 1 rings (SSSR count). The van der Waals surface area contributed by atoms with Crippen LogP contribution in [0.15, 0.2) is 18.2 Å². The SMILES string of the molecule is Cc1cc(N)ccc1C([NH])=O. The fraction of sp³-hybridized carbons (Fsp3) is 0.125. The molecule has 0 aromatic heterocycles. The summed E-state index contributed by atoms with van der Waals surface area (Å²) in [5.41, 5.74) is 14.1. The molecule has 11 heavy (non-hydrogen) atoms. The topological polar surface area (TPSA) is 66.9 Å². The van der Waals surface area contributed by atoms with Crippen molar-refractivity contribution in [3.8, 4) is 0 Å². The Labute approximate surface area is 65.0 Å². The number of benzene rings is 1. The summed E-state index contributed by atoms with van der Waals surface area (Å²) in [6.45, 7) is 1.76. The Morgan fingerprint density at radius 3 is 2.64 bits per heavy atom. The zero-order valence-corrected chi connectivity index (χ0v) is 6.22. The fourth-order valence-electron chi connectivity index (χ4n) is 0.942. The lowest BCUT2D eigenvalue weighted by Gasteiger charge is -2.00. The molecule has 1 aromatic carbocycles. The fourth-order valence-corrected chi connectivity index (χ4v) is 0.942. The Hall–Kier alpha value is -1.51. The van der Waals surface area contributed by atoms with Gasteiger partial charge in [0.25, 0.3) is 5.91 Å². The van der Waals surface area contributed by atoms with Crippen molar-refractivity contribution in [2.24, 2.45) is 0 Å². The molecule has 0 saturated carbocycles. The molecule has 0 aliphatic rings. The summed E-state index contributed by atoms with van der Waals surface area (Å²) in [4.78, 5) is 10.6. The molecule has 3 nitrogen and oxygen atoms in total. The number of anilines is 1. The Morgan fingerprint density at radius 2 is 2.18 bits per heavy atom. The van der Waals surface area contributed by atoms with Crippen LogP contribution in [0.4, 0.5) is 5.69 Å². The first kappa shape index (κ1) is 7.60. The van der Waals surface area contributed by atoms with Crippen LogP contribution < -0.4 is 11.5 Å². The maximum absolute atomic E-state index is 10.6. The zero-order chi connectivity index (χ0) is 8.43. The molecule has 0 atom stereocenters. The van der Waals surface area contributed by atoms with Gasteiger partial charge in [0.05, 0.1) is 0 Å². The number of amides is 1. The van der Waals surface area contributed by atoms with Crippen LogP contribution in [0, 0.1) is 6.92 Å². The lowest BCUT2D eigenvalue weighted by atomic mass is 10.1. The molecule has 0 aliphatic heterocycles. The summed E-state index contributed by atoms with van der Waals surface area (Å²) in [5, 5.41) is 0. The minimum absolute atomic E-state index is 0.416. The Bertz CT molecular complexity index is 294. The van der Waals surface area contributed by atoms with E-state index >= 15 is 0 Å². The third-order valence-electron chi connectivity index (χ3n) is 1.50. The van der Waals surface area contributed by atoms with Crippen LogP contribution in [0.3, 0.4) is 0 Å². The van der Waals surface area contributed by atoms with E-state index in [2.05, 4.69) is 0 Å². The molecule has 3 heteroatoms. The number of nitrogens with two attached hydrogens (primary N) is 1. The molecule has 1 radical (unpaired) electrons. The van der Waals surface area contributed by atoms with Crippen LogP contribution in [0.5, 0.6) is 0 Å². The highest BCUT2D eigenvalue weighted by Crippen LogP contribution is 2.11. The molecule has 0 heterocycles. The average Bonchev–Trinajstić information content (AvgIpc) is 1.85. The third-order valence-corrected chi connectivity index (χ3v) is 1.50. The van der Waals surface area contributed by atoms with E-state index in [9.17, 15) is 4.79 Å². The van der Waals surface area contributed by atoms with Crippen molar-refractivity contribution in [1.29, 1.82) is 0 Å². The lowest BCUT2D eigenvalue weighted by molar-refractivity contribution is 0.0991. The van der Waals surface area contributed by atoms with Gasteiger partial charge in [-0.2, -0.15) is 0 Å². The molecule has 1 aromatic rings. The number of hydrogen-bond acceptors (Lipinski definition) is 2. The minimum atomic E-state index is -0.664. The number of nitrogens with one attached hydrogen (secondary N) is 1. The molecular formula is C8H9N2O. The van der Waals surface area contributed by atoms with Crippen LogP contribution >= 0.6 is 0 Å². The van der Waals surface area contributed by atoms with Gasteiger partial charge in [-0.1, -0.05) is 0 Å². The van der Waals surface area contributed by atoms with Gasteiger partial charge in [-0.25, -0.2) is 0 Å². The molecule has 1 amide bonds. The van der Waals surface area contributed by atoms with Gasteiger partial charge >= 0.3 is 0 Å². The van der Waals surface area contributed by atoms with Crippen molar-refractivity contribution in [1.82, 2.24) is 5.73 Å². The van der Waals surface area contributed by atoms with Gasteiger partial charge in [0.2, 0.25) is 0 Å². The summed E-state index contributed by atoms with van der Waals surface area (Å²) in [6.07, 6.45) is 0. The Balaban J connectivity index is 3.20. The first-order valence-electron chi connectivity index (χ1n) is 3.23. The summed E-state index contributed by atoms with van der Waals surface area (Å²) in [6, 6.07) is 4.87. The van der Waals surface area contributed by atoms with Gasteiger partial charge in [-0.15, -0.1) is 0 Å². The van der Waals surface area contributed by atoms with Crippen LogP contribution in [0.25, 0.3) is 0 Å². The number of rotatable bonds is 1. The molecule has 0 fully saturated rings. The van der Waals surface area contributed by atoms with E-state index in [1.54, 1.807) is 25.1 Å². The number of hydrogen-bond donors (Lipinski definition) is 1. The second-order valence-electron chi connectivity index (χ2n) is 2.40. The molecule has 3 N–H and O–H groups in total. The number of aryl methyl sites for hydroxylation is 1. The van der Waals surface area contributed by atoms with E-state index in [4.69, 9.17) is 11.5 Å². The van der Waals surface area contributed by atoms with Crippen LogP contribution in [-0.2, 0) is 0 Å². The first-order valence-corrected chi connectivity index (χ1v) is 3.23. The lowest BCUT2D eigenvalue weighted by Crippen LogP contribution is -2.02. The average molecular weight is 149 g/mol. The Kier molecular flexibility index (Phi) is 1.81. The van der Waals surface area contributed by atoms with Gasteiger partial charge in [-0.3, -0.25) is 10.5 Å². The highest BCUT2D eigenvalue weighted by Gasteiger charge is 2.03. The normalized spacial score (nSPS) is 9.55. The standard InChI is InChI=1S/C8H9N2O/c1-5-4-6(9)2-3-7(5)8(10)11/h2-4,10H,9H2,1H3. The van der Waals surface area contributed by atoms with Crippen molar-refractivity contribution >= 4 is 11.6 Å². The maximum Gasteiger partial charge on any atom is 0.269 e. The van der Waals surface area contributed by atoms with Gasteiger partial charge < -0.3 is 5.73 Å². The minimum Gasteiger partial charge on any atom is -0.399 e. The summed E-state index contributed by atoms with van der Waals surface area (Å²) in [7, 11) is 0. The molecular weight excluding hydrogens is 140 g/mol. The number of carbonyl (C=O) groups is 1. The largest absolute Gasteiger partial charge is 0.399 e. The van der Waals surface area contributed by atoms with Gasteiger partial charge in [-0.05, 0) is 30.7 Å². The van der Waals surface area contributed by atoms with Crippen molar-refractivity contribution in [3.05, 3.63) is 29.3 Å². The molecule has 0 bridgehead atoms. The van der Waals surface area contributed by atoms with Crippen molar-refractivity contribution < 1.29 is 4.79 Å². The van der Waals surface area contributed by atoms with E-state index < -0.39 is 5.91 Å². The maximum atomic E-state index is 10.6. The predicted octanol–water partition coefficient (Wildman–Crippen LogP) is 1.00. The summed E-state index contributed by atoms with van der Waals surface area (Å²) < 4.78 is 0. The monoisotopic (exact) mass is 149 g/mol. The van der Waals surface area contributed by atoms with Crippen LogP contribution in [0.1, 0.15) is 15.9 Å². The van der Waals surface area contributed by atoms with E-state index in [1.807, 2.05) is 0 Å². The van der Waals surface area contributed by atoms with E-state index in [0.29, 0.717) is 11.3 Å². The molecule has 57 valence electrons. The van der Waals surface area contributed by atoms with Gasteiger partial charge in [0.15, 0.2) is 0 Å². The van der Waals surface area contributed by atoms with Crippen molar-refractivity contribution in [2.45, 2.75) is 6.92 Å². The first-order chi connectivity index (χ1) is 5.11. The van der Waals surface area contributed by atoms with Gasteiger partial charge in [0, 0.05) is 11.3 Å². The van der Waals surface area contributed by atoms with Crippen molar-refractivity contribution in [3.63, 3.8) is 0 Å². The van der Waals surface area contributed by atoms with Gasteiger partial charge in [0.1, 0.15) is 0 Å². The third kappa shape index (κ3) is 1.49. The molecule has 0 spiro atoms. The molecule has 0 aliphatic carbocycles. The Morgan fingerprint density at radius 1 is 1.55 bits per heavy atom. The summed E-state index contributed by atoms with van der Waals surface area (Å²) in [5.74, 6) is -0.664. The van der Waals surface area contributed by atoms with E-state index in [0.717, 1.165) is 5.56 Å². The molecule has 0 saturated heterocycles. The quantitative estimate of drug-likeness (QED) is 0.605. The number of carbonyl (C=O) groups excluding carboxylic acids is 1. The van der Waals surface area contributed by atoms with E-state index in [1.165, 1.54) is 0 Å². The van der Waals surface area contributed by atoms with Crippen LogP contribution in [-0.4, -0.2) is 5.91 Å². The second kappa shape index (κ2) is 2.62. The van der Waals surface area contributed by atoms with Crippen molar-refractivity contribution in [2.75, 3.05) is 5.73 Å². The predicted molar refractivity (Wildman–Crippen MR) is 43.0 cm³/mol. The highest BCUT2D eigenvalue weighted by molar-refractivity contribution is 5.94.